The van der Waals surface area contributed by atoms with Crippen LogP contribution in [0.1, 0.15) is 28.6 Å². The summed E-state index contributed by atoms with van der Waals surface area (Å²) in [4.78, 5) is 12.1. The molecule has 124 valence electrons. The number of nitrogens with zero attached hydrogens (tertiary/aromatic N) is 2. The van der Waals surface area contributed by atoms with Gasteiger partial charge in [0.25, 0.3) is 0 Å². The summed E-state index contributed by atoms with van der Waals surface area (Å²) in [5.74, 6) is -0.0945. The summed E-state index contributed by atoms with van der Waals surface area (Å²) in [6.07, 6.45) is 3.41. The average molecular weight is 358 g/mol. The molecule has 0 saturated heterocycles. The number of amides is 1. The number of nitrogens with one attached hydrogen (secondary N) is 1. The fourth-order valence-electron chi connectivity index (χ4n) is 2.57. The van der Waals surface area contributed by atoms with Crippen molar-refractivity contribution in [2.75, 3.05) is 6.54 Å². The van der Waals surface area contributed by atoms with Gasteiger partial charge in [-0.05, 0) is 70.8 Å². The summed E-state index contributed by atoms with van der Waals surface area (Å²) >= 11 is 3.27. The standard InChI is InChI=1S/C18H19N3OS2/c1-13-9-14(2)21(20-13)17(16-6-8-24-12-16)10-19-18(22)4-3-15-5-7-23-11-15/h3-9,11-12,17H,10H2,1-2H3,(H,19,22). The maximum absolute atomic E-state index is 12.1. The normalized spacial score (nSPS) is 12.6. The second kappa shape index (κ2) is 7.59. The van der Waals surface area contributed by atoms with Gasteiger partial charge in [0.2, 0.25) is 5.91 Å². The van der Waals surface area contributed by atoms with Crippen LogP contribution in [0.3, 0.4) is 0 Å². The van der Waals surface area contributed by atoms with Crippen LogP contribution in [0.2, 0.25) is 0 Å². The second-order valence-electron chi connectivity index (χ2n) is 5.58. The molecule has 1 atom stereocenters. The minimum atomic E-state index is -0.0945. The van der Waals surface area contributed by atoms with Crippen molar-refractivity contribution in [1.82, 2.24) is 15.1 Å². The molecule has 0 radical (unpaired) electrons. The molecule has 0 saturated carbocycles. The summed E-state index contributed by atoms with van der Waals surface area (Å²) in [6, 6.07) is 6.12. The molecule has 3 aromatic rings. The molecule has 0 aliphatic rings. The van der Waals surface area contributed by atoms with E-state index in [1.54, 1.807) is 28.7 Å². The van der Waals surface area contributed by atoms with Gasteiger partial charge in [0.05, 0.1) is 11.7 Å². The van der Waals surface area contributed by atoms with Crippen molar-refractivity contribution in [2.45, 2.75) is 19.9 Å². The molecule has 0 aliphatic heterocycles. The number of hydrogen-bond acceptors (Lipinski definition) is 4. The second-order valence-corrected chi connectivity index (χ2v) is 7.14. The van der Waals surface area contributed by atoms with E-state index >= 15 is 0 Å². The lowest BCUT2D eigenvalue weighted by Gasteiger charge is -2.18. The van der Waals surface area contributed by atoms with Crippen molar-refractivity contribution >= 4 is 34.7 Å². The highest BCUT2D eigenvalue weighted by Gasteiger charge is 2.18. The predicted octanol–water partition coefficient (Wildman–Crippen LogP) is 4.04. The summed E-state index contributed by atoms with van der Waals surface area (Å²) in [5.41, 5.74) is 4.28. The van der Waals surface area contributed by atoms with Gasteiger partial charge < -0.3 is 5.32 Å². The highest BCUT2D eigenvalue weighted by molar-refractivity contribution is 7.08. The van der Waals surface area contributed by atoms with Crippen molar-refractivity contribution in [3.05, 3.63) is 68.3 Å². The van der Waals surface area contributed by atoms with Crippen LogP contribution in [0.4, 0.5) is 0 Å². The lowest BCUT2D eigenvalue weighted by Crippen LogP contribution is -2.30. The first kappa shape index (κ1) is 16.7. The molecule has 4 nitrogen and oxygen atoms in total. The van der Waals surface area contributed by atoms with E-state index in [-0.39, 0.29) is 11.9 Å². The molecular weight excluding hydrogens is 338 g/mol. The molecule has 3 aromatic heterocycles. The molecular formula is C18H19N3OS2. The molecule has 1 N–H and O–H groups in total. The van der Waals surface area contributed by atoms with Gasteiger partial charge in [-0.3, -0.25) is 9.48 Å². The minimum Gasteiger partial charge on any atom is -0.350 e. The molecule has 0 aromatic carbocycles. The molecule has 1 unspecified atom stereocenters. The smallest absolute Gasteiger partial charge is 0.244 e. The summed E-state index contributed by atoms with van der Waals surface area (Å²) < 4.78 is 1.99. The maximum atomic E-state index is 12.1. The van der Waals surface area contributed by atoms with Gasteiger partial charge >= 0.3 is 0 Å². The molecule has 0 bridgehead atoms. The first-order valence-corrected chi connectivity index (χ1v) is 9.55. The van der Waals surface area contributed by atoms with E-state index in [1.165, 1.54) is 0 Å². The predicted molar refractivity (Wildman–Crippen MR) is 101 cm³/mol. The van der Waals surface area contributed by atoms with Crippen molar-refractivity contribution in [3.8, 4) is 0 Å². The van der Waals surface area contributed by atoms with Crippen LogP contribution >= 0.6 is 22.7 Å². The highest BCUT2D eigenvalue weighted by atomic mass is 32.1. The van der Waals surface area contributed by atoms with Gasteiger partial charge in [0.15, 0.2) is 0 Å². The van der Waals surface area contributed by atoms with Gasteiger partial charge in [-0.2, -0.15) is 27.8 Å². The third-order valence-electron chi connectivity index (χ3n) is 3.71. The van der Waals surface area contributed by atoms with Crippen LogP contribution in [0.5, 0.6) is 0 Å². The van der Waals surface area contributed by atoms with E-state index < -0.39 is 0 Å². The van der Waals surface area contributed by atoms with E-state index in [4.69, 9.17) is 0 Å². The molecule has 24 heavy (non-hydrogen) atoms. The van der Waals surface area contributed by atoms with E-state index in [2.05, 4.69) is 27.9 Å². The average Bonchev–Trinajstić information content (AvgIpc) is 3.29. The van der Waals surface area contributed by atoms with Crippen LogP contribution in [0.25, 0.3) is 6.08 Å². The number of carbonyl (C=O) groups is 1. The van der Waals surface area contributed by atoms with Gasteiger partial charge in [0, 0.05) is 18.3 Å². The Labute approximate surface area is 149 Å². The number of hydrogen-bond donors (Lipinski definition) is 1. The Kier molecular flexibility index (Phi) is 5.27. The Balaban J connectivity index is 1.71. The molecule has 6 heteroatoms. The van der Waals surface area contributed by atoms with E-state index in [0.29, 0.717) is 6.54 Å². The van der Waals surface area contributed by atoms with Crippen molar-refractivity contribution in [3.63, 3.8) is 0 Å². The Bertz CT molecular complexity index is 817. The molecule has 1 amide bonds. The Hall–Kier alpha value is -2.18. The Morgan fingerprint density at radius 2 is 2.08 bits per heavy atom. The van der Waals surface area contributed by atoms with Crippen molar-refractivity contribution in [1.29, 1.82) is 0 Å². The molecule has 0 aliphatic carbocycles. The van der Waals surface area contributed by atoms with Gasteiger partial charge in [-0.25, -0.2) is 0 Å². The first-order valence-electron chi connectivity index (χ1n) is 7.66. The molecule has 3 rings (SSSR count). The Morgan fingerprint density at radius 3 is 2.71 bits per heavy atom. The quantitative estimate of drug-likeness (QED) is 0.677. The lowest BCUT2D eigenvalue weighted by molar-refractivity contribution is -0.116. The monoisotopic (exact) mass is 357 g/mol. The zero-order valence-electron chi connectivity index (χ0n) is 13.6. The van der Waals surface area contributed by atoms with Crippen LogP contribution in [-0.2, 0) is 4.79 Å². The van der Waals surface area contributed by atoms with E-state index in [9.17, 15) is 4.79 Å². The number of rotatable bonds is 6. The molecule has 3 heterocycles. The highest BCUT2D eigenvalue weighted by Crippen LogP contribution is 2.22. The summed E-state index contributed by atoms with van der Waals surface area (Å²) in [5, 5.41) is 15.7. The van der Waals surface area contributed by atoms with Crippen LogP contribution < -0.4 is 5.32 Å². The van der Waals surface area contributed by atoms with Crippen LogP contribution in [0.15, 0.2) is 45.8 Å². The van der Waals surface area contributed by atoms with Crippen molar-refractivity contribution in [2.24, 2.45) is 0 Å². The van der Waals surface area contributed by atoms with Crippen LogP contribution in [0, 0.1) is 13.8 Å². The fourth-order valence-corrected chi connectivity index (χ4v) is 3.91. The summed E-state index contributed by atoms with van der Waals surface area (Å²) in [7, 11) is 0. The van der Waals surface area contributed by atoms with Gasteiger partial charge in [0.1, 0.15) is 0 Å². The van der Waals surface area contributed by atoms with Crippen molar-refractivity contribution < 1.29 is 4.79 Å². The fraction of sp³-hybridized carbons (Fsp3) is 0.222. The SMILES string of the molecule is Cc1cc(C)n(C(CNC(=O)C=Cc2ccsc2)c2ccsc2)n1. The lowest BCUT2D eigenvalue weighted by atomic mass is 10.1. The number of aromatic nitrogens is 2. The maximum Gasteiger partial charge on any atom is 0.244 e. The van der Waals surface area contributed by atoms with E-state index in [0.717, 1.165) is 22.5 Å². The zero-order chi connectivity index (χ0) is 16.9. The topological polar surface area (TPSA) is 46.9 Å². The number of thiophene rings is 2. The van der Waals surface area contributed by atoms with Gasteiger partial charge in [-0.15, -0.1) is 0 Å². The number of aryl methyl sites for hydroxylation is 2. The summed E-state index contributed by atoms with van der Waals surface area (Å²) in [6.45, 7) is 4.53. The largest absolute Gasteiger partial charge is 0.350 e. The van der Waals surface area contributed by atoms with E-state index in [1.807, 2.05) is 46.8 Å². The van der Waals surface area contributed by atoms with Gasteiger partial charge in [-0.1, -0.05) is 0 Å². The minimum absolute atomic E-state index is 0.00319. The zero-order valence-corrected chi connectivity index (χ0v) is 15.2. The third kappa shape index (κ3) is 4.01. The first-order chi connectivity index (χ1) is 11.6. The third-order valence-corrected chi connectivity index (χ3v) is 5.11. The van der Waals surface area contributed by atoms with Crippen LogP contribution in [-0.4, -0.2) is 22.2 Å². The molecule has 0 spiro atoms. The number of carbonyl (C=O) groups excluding carboxylic acids is 1. The molecule has 0 fully saturated rings. The Morgan fingerprint density at radius 1 is 1.29 bits per heavy atom.